The van der Waals surface area contributed by atoms with Crippen molar-refractivity contribution >= 4 is 11.9 Å². The maximum absolute atomic E-state index is 12.8. The Balaban J connectivity index is 2.17. The van der Waals surface area contributed by atoms with Gasteiger partial charge < -0.3 is 14.6 Å². The van der Waals surface area contributed by atoms with E-state index in [4.69, 9.17) is 9.47 Å². The molecule has 2 bridgehead atoms. The van der Waals surface area contributed by atoms with Gasteiger partial charge in [0, 0.05) is 10.5 Å². The third-order valence-electron chi connectivity index (χ3n) is 6.15. The number of aliphatic hydroxyl groups excluding tert-OH is 1. The highest BCUT2D eigenvalue weighted by Gasteiger charge is 2.73. The van der Waals surface area contributed by atoms with Crippen LogP contribution in [0.1, 0.15) is 28.5 Å². The van der Waals surface area contributed by atoms with Crippen LogP contribution >= 0.6 is 0 Å². The second kappa shape index (κ2) is 6.98. The van der Waals surface area contributed by atoms with Crippen molar-refractivity contribution < 1.29 is 29.1 Å². The van der Waals surface area contributed by atoms with Crippen LogP contribution in [0.25, 0.3) is 0 Å². The lowest BCUT2D eigenvalue weighted by Crippen LogP contribution is -2.51. The predicted octanol–water partition coefficient (Wildman–Crippen LogP) is 2.83. The van der Waals surface area contributed by atoms with Crippen molar-refractivity contribution in [3.63, 3.8) is 0 Å². The van der Waals surface area contributed by atoms with Crippen molar-refractivity contribution in [2.24, 2.45) is 5.92 Å². The molecule has 1 N–H and O–H groups in total. The van der Waals surface area contributed by atoms with Crippen molar-refractivity contribution in [2.45, 2.75) is 17.4 Å². The molecule has 8 heteroatoms. The van der Waals surface area contributed by atoms with Gasteiger partial charge in [0.05, 0.1) is 31.6 Å². The number of aliphatic hydroxyl groups is 1. The number of methoxy groups -OCH3 is 2. The number of carbonyl (C=O) groups is 2. The van der Waals surface area contributed by atoms with E-state index in [9.17, 15) is 24.8 Å². The Labute approximate surface area is 171 Å². The zero-order valence-corrected chi connectivity index (χ0v) is 16.3. The van der Waals surface area contributed by atoms with Crippen LogP contribution in [-0.2, 0) is 24.6 Å². The topological polar surface area (TPSA) is 116 Å². The van der Waals surface area contributed by atoms with Gasteiger partial charge in [-0.05, 0) is 11.1 Å². The third-order valence-corrected chi connectivity index (χ3v) is 6.15. The van der Waals surface area contributed by atoms with Crippen LogP contribution in [0.3, 0.4) is 0 Å². The first-order chi connectivity index (χ1) is 14.4. The molecule has 0 spiro atoms. The number of ether oxygens (including phenoxy) is 2. The minimum absolute atomic E-state index is 0.297. The van der Waals surface area contributed by atoms with Crippen LogP contribution in [0, 0.1) is 16.0 Å². The summed E-state index contributed by atoms with van der Waals surface area (Å²) < 4.78 is 9.75. The molecule has 4 atom stereocenters. The van der Waals surface area contributed by atoms with Gasteiger partial charge in [-0.1, -0.05) is 54.6 Å². The number of fused-ring (bicyclic) bond motifs is 5. The van der Waals surface area contributed by atoms with Gasteiger partial charge in [0.25, 0.3) is 5.54 Å². The first-order valence-corrected chi connectivity index (χ1v) is 9.29. The van der Waals surface area contributed by atoms with Gasteiger partial charge in [-0.2, -0.15) is 0 Å². The summed E-state index contributed by atoms with van der Waals surface area (Å²) in [6.45, 7) is 0. The molecule has 0 amide bonds. The number of hydrogen-bond acceptors (Lipinski definition) is 7. The molecule has 0 saturated heterocycles. The predicted molar refractivity (Wildman–Crippen MR) is 104 cm³/mol. The molecule has 0 heterocycles. The second-order valence-electron chi connectivity index (χ2n) is 7.28. The summed E-state index contributed by atoms with van der Waals surface area (Å²) in [5, 5.41) is 23.8. The Morgan fingerprint density at radius 2 is 1.60 bits per heavy atom. The number of esters is 2. The van der Waals surface area contributed by atoms with Gasteiger partial charge >= 0.3 is 11.9 Å². The summed E-state index contributed by atoms with van der Waals surface area (Å²) in [7, 11) is 2.26. The molecule has 0 fully saturated rings. The highest BCUT2D eigenvalue weighted by Crippen LogP contribution is 2.66. The molecule has 8 nitrogen and oxygen atoms in total. The van der Waals surface area contributed by atoms with Crippen LogP contribution in [-0.4, -0.2) is 36.2 Å². The van der Waals surface area contributed by atoms with E-state index in [1.54, 1.807) is 54.6 Å². The van der Waals surface area contributed by atoms with E-state index in [2.05, 4.69) is 0 Å². The van der Waals surface area contributed by atoms with Gasteiger partial charge in [-0.3, -0.25) is 14.9 Å². The van der Waals surface area contributed by atoms with E-state index in [-0.39, 0.29) is 5.57 Å². The molecule has 2 aromatic rings. The molecule has 2 aliphatic rings. The number of nitro groups is 1. The zero-order valence-electron chi connectivity index (χ0n) is 16.3. The van der Waals surface area contributed by atoms with Crippen molar-refractivity contribution in [2.75, 3.05) is 14.2 Å². The lowest BCUT2D eigenvalue weighted by Gasteiger charge is -2.40. The van der Waals surface area contributed by atoms with E-state index in [0.717, 1.165) is 14.2 Å². The van der Waals surface area contributed by atoms with E-state index in [0.29, 0.717) is 16.7 Å². The molecule has 0 aliphatic heterocycles. The van der Waals surface area contributed by atoms with Crippen molar-refractivity contribution in [3.05, 3.63) is 92.7 Å². The maximum atomic E-state index is 12.8. The van der Waals surface area contributed by atoms with E-state index >= 15 is 0 Å². The van der Waals surface area contributed by atoms with Gasteiger partial charge in [0.2, 0.25) is 0 Å². The Bertz CT molecular complexity index is 1080. The normalized spacial score (nSPS) is 26.7. The maximum Gasteiger partial charge on any atom is 0.338 e. The largest absolute Gasteiger partial charge is 0.511 e. The average Bonchev–Trinajstić information content (AvgIpc) is 3.00. The fourth-order valence-corrected chi connectivity index (χ4v) is 5.08. The fraction of sp³-hybridized carbons (Fsp3) is 0.273. The standard InChI is InChI=1S/C22H19NO7/c1-29-20(25)15-17-13-10-6-7-11-14(13)18(16(19(15)24)21(26)30-2)22(17,23(27)28)12-8-4-3-5-9-12/h3-11,15,17-18,24H,1-2H3/t15-,17-,18-,22+/m1/s1. The highest BCUT2D eigenvalue weighted by molar-refractivity contribution is 5.95. The zero-order chi connectivity index (χ0) is 21.6. The summed E-state index contributed by atoms with van der Waals surface area (Å²) in [5.74, 6) is -5.98. The number of carbonyl (C=O) groups excluding carboxylic acids is 2. The monoisotopic (exact) mass is 409 g/mol. The molecule has 2 aromatic carbocycles. The van der Waals surface area contributed by atoms with Crippen LogP contribution in [0.2, 0.25) is 0 Å². The van der Waals surface area contributed by atoms with Gasteiger partial charge in [0.1, 0.15) is 11.7 Å². The molecular formula is C22H19NO7. The van der Waals surface area contributed by atoms with Crippen molar-refractivity contribution in [1.29, 1.82) is 0 Å². The lowest BCUT2D eigenvalue weighted by atomic mass is 9.62. The second-order valence-corrected chi connectivity index (χ2v) is 7.28. The first kappa shape index (κ1) is 19.6. The van der Waals surface area contributed by atoms with Crippen LogP contribution in [0.5, 0.6) is 0 Å². The van der Waals surface area contributed by atoms with Crippen LogP contribution in [0.15, 0.2) is 65.9 Å². The molecule has 0 saturated carbocycles. The molecule has 154 valence electrons. The molecular weight excluding hydrogens is 390 g/mol. The van der Waals surface area contributed by atoms with Gasteiger partial charge in [-0.25, -0.2) is 4.79 Å². The summed E-state index contributed by atoms with van der Waals surface area (Å²) in [6, 6.07) is 15.0. The Morgan fingerprint density at radius 1 is 1.00 bits per heavy atom. The molecule has 30 heavy (non-hydrogen) atoms. The minimum atomic E-state index is -1.90. The van der Waals surface area contributed by atoms with Crippen LogP contribution < -0.4 is 0 Å². The number of rotatable bonds is 4. The van der Waals surface area contributed by atoms with E-state index in [1.807, 2.05) is 0 Å². The number of nitrogens with zero attached hydrogens (tertiary/aromatic N) is 1. The number of benzene rings is 2. The highest BCUT2D eigenvalue weighted by atomic mass is 16.6. The average molecular weight is 409 g/mol. The Kier molecular flexibility index (Phi) is 4.57. The summed E-state index contributed by atoms with van der Waals surface area (Å²) >= 11 is 0. The lowest BCUT2D eigenvalue weighted by molar-refractivity contribution is -0.588. The molecule has 0 radical (unpaired) electrons. The fourth-order valence-electron chi connectivity index (χ4n) is 5.08. The molecule has 0 unspecified atom stereocenters. The Hall–Kier alpha value is -3.68. The van der Waals surface area contributed by atoms with Crippen molar-refractivity contribution in [3.8, 4) is 0 Å². The van der Waals surface area contributed by atoms with Gasteiger partial charge in [-0.15, -0.1) is 0 Å². The molecule has 4 rings (SSSR count). The molecule has 0 aromatic heterocycles. The number of hydrogen-bond donors (Lipinski definition) is 1. The summed E-state index contributed by atoms with van der Waals surface area (Å²) in [5.41, 5.74) is -0.858. The molecule has 2 aliphatic carbocycles. The first-order valence-electron chi connectivity index (χ1n) is 9.29. The van der Waals surface area contributed by atoms with E-state index in [1.165, 1.54) is 0 Å². The quantitative estimate of drug-likeness (QED) is 0.469. The summed E-state index contributed by atoms with van der Waals surface area (Å²) in [4.78, 5) is 37.9. The SMILES string of the molecule is COC(=O)C1=C(O)[C@H](C(=O)OC)[C@H]2c3ccccc3[C@H]1[C@@]2(c1ccccc1)[N+](=O)[O-]. The van der Waals surface area contributed by atoms with Crippen LogP contribution in [0.4, 0.5) is 0 Å². The minimum Gasteiger partial charge on any atom is -0.511 e. The van der Waals surface area contributed by atoms with Gasteiger partial charge in [0.15, 0.2) is 0 Å². The Morgan fingerprint density at radius 3 is 2.17 bits per heavy atom. The summed E-state index contributed by atoms with van der Waals surface area (Å²) in [6.07, 6.45) is 0. The third kappa shape index (κ3) is 2.33. The smallest absolute Gasteiger partial charge is 0.338 e. The van der Waals surface area contributed by atoms with E-state index < -0.39 is 45.9 Å². The van der Waals surface area contributed by atoms with Crippen molar-refractivity contribution in [1.82, 2.24) is 0 Å².